The third-order valence-corrected chi connectivity index (χ3v) is 9.33. The van der Waals surface area contributed by atoms with Crippen LogP contribution in [0.5, 0.6) is 0 Å². The molecule has 0 bridgehead atoms. The highest BCUT2D eigenvalue weighted by atomic mass is 32.1. The molecule has 1 aromatic carbocycles. The number of rotatable bonds is 7. The molecule has 6 heteroatoms. The van der Waals surface area contributed by atoms with Crippen LogP contribution < -0.4 is 0 Å². The number of benzene rings is 1. The van der Waals surface area contributed by atoms with Crippen molar-refractivity contribution in [1.82, 2.24) is 14.7 Å². The van der Waals surface area contributed by atoms with Crippen molar-refractivity contribution in [1.29, 1.82) is 0 Å². The molecule has 0 spiro atoms. The van der Waals surface area contributed by atoms with Crippen LogP contribution in [0, 0.1) is 5.92 Å². The number of fused-ring (bicyclic) bond motifs is 1. The topological polar surface area (TPSA) is 43.9 Å². The quantitative estimate of drug-likeness (QED) is 0.538. The van der Waals surface area contributed by atoms with Gasteiger partial charge in [-0.05, 0) is 48.3 Å². The average Bonchev–Trinajstić information content (AvgIpc) is 3.58. The summed E-state index contributed by atoms with van der Waals surface area (Å²) >= 11 is 1.85. The summed E-state index contributed by atoms with van der Waals surface area (Å²) < 4.78 is 0. The van der Waals surface area contributed by atoms with Gasteiger partial charge in [0.15, 0.2) is 0 Å². The molecule has 188 valence electrons. The van der Waals surface area contributed by atoms with Crippen LogP contribution in [-0.2, 0) is 16.0 Å². The van der Waals surface area contributed by atoms with Gasteiger partial charge < -0.3 is 9.80 Å². The summed E-state index contributed by atoms with van der Waals surface area (Å²) in [6, 6.07) is 13.3. The van der Waals surface area contributed by atoms with E-state index >= 15 is 0 Å². The highest BCUT2D eigenvalue weighted by molar-refractivity contribution is 7.10. The van der Waals surface area contributed by atoms with E-state index in [1.807, 2.05) is 21.1 Å². The molecule has 2 fully saturated rings. The Morgan fingerprint density at radius 1 is 0.971 bits per heavy atom. The van der Waals surface area contributed by atoms with Gasteiger partial charge in [0.2, 0.25) is 11.8 Å². The van der Waals surface area contributed by atoms with Crippen LogP contribution in [0.2, 0.25) is 0 Å². The van der Waals surface area contributed by atoms with Crippen LogP contribution in [0.1, 0.15) is 73.9 Å². The third-order valence-electron chi connectivity index (χ3n) is 8.34. The normalized spacial score (nSPS) is 23.5. The first-order valence-electron chi connectivity index (χ1n) is 13.5. The molecule has 3 heterocycles. The number of carbonyl (C=O) groups is 2. The van der Waals surface area contributed by atoms with Gasteiger partial charge in [0.05, 0.1) is 6.04 Å². The van der Waals surface area contributed by atoms with Gasteiger partial charge in [-0.1, -0.05) is 56.0 Å². The van der Waals surface area contributed by atoms with E-state index in [1.54, 1.807) is 0 Å². The van der Waals surface area contributed by atoms with E-state index in [0.29, 0.717) is 32.5 Å². The number of hydrogen-bond donors (Lipinski definition) is 0. The van der Waals surface area contributed by atoms with Gasteiger partial charge >= 0.3 is 0 Å². The van der Waals surface area contributed by atoms with Gasteiger partial charge in [0, 0.05) is 56.5 Å². The van der Waals surface area contributed by atoms with Crippen LogP contribution in [0.15, 0.2) is 41.8 Å². The lowest BCUT2D eigenvalue weighted by Crippen LogP contribution is -2.55. The van der Waals surface area contributed by atoms with Gasteiger partial charge in [-0.2, -0.15) is 0 Å². The molecule has 2 atom stereocenters. The third kappa shape index (κ3) is 5.64. The number of carbonyl (C=O) groups excluding carboxylic acids is 2. The zero-order valence-electron chi connectivity index (χ0n) is 21.0. The van der Waals surface area contributed by atoms with E-state index in [1.165, 1.54) is 41.7 Å². The fourth-order valence-corrected chi connectivity index (χ4v) is 7.26. The molecule has 5 rings (SSSR count). The molecule has 35 heavy (non-hydrogen) atoms. The summed E-state index contributed by atoms with van der Waals surface area (Å²) in [5, 5.41) is 2.20. The standard InChI is InChI=1S/C29H39N3O2S/c1-22-21-31(18-19-32(22)28(34)12-11-23-7-5-6-8-23)27(33)14-17-30-16-13-26-25(15-20-35-26)29(30)24-9-3-2-4-10-24/h2-4,9-10,15,20,22-23,29H,5-8,11-14,16-19,21H2,1H3/t22-,29-/m0/s1. The second kappa shape index (κ2) is 11.3. The van der Waals surface area contributed by atoms with E-state index in [9.17, 15) is 9.59 Å². The number of amides is 2. The number of hydrogen-bond acceptors (Lipinski definition) is 4. The first-order valence-corrected chi connectivity index (χ1v) is 14.4. The Balaban J connectivity index is 1.14. The van der Waals surface area contributed by atoms with Gasteiger partial charge in [-0.15, -0.1) is 11.3 Å². The van der Waals surface area contributed by atoms with Crippen LogP contribution in [-0.4, -0.2) is 65.3 Å². The van der Waals surface area contributed by atoms with Crippen molar-refractivity contribution in [2.45, 2.75) is 70.4 Å². The number of nitrogens with zero attached hydrogens (tertiary/aromatic N) is 3. The summed E-state index contributed by atoms with van der Waals surface area (Å²) in [6.07, 6.45) is 8.54. The van der Waals surface area contributed by atoms with Gasteiger partial charge in [0.25, 0.3) is 0 Å². The minimum Gasteiger partial charge on any atom is -0.339 e. The van der Waals surface area contributed by atoms with E-state index in [4.69, 9.17) is 0 Å². The zero-order valence-corrected chi connectivity index (χ0v) is 21.8. The smallest absolute Gasteiger partial charge is 0.223 e. The molecular formula is C29H39N3O2S. The lowest BCUT2D eigenvalue weighted by Gasteiger charge is -2.41. The maximum absolute atomic E-state index is 13.2. The van der Waals surface area contributed by atoms with Gasteiger partial charge in [-0.25, -0.2) is 0 Å². The summed E-state index contributed by atoms with van der Waals surface area (Å²) in [6.45, 7) is 5.84. The largest absolute Gasteiger partial charge is 0.339 e. The molecule has 1 aliphatic carbocycles. The summed E-state index contributed by atoms with van der Waals surface area (Å²) in [5.41, 5.74) is 2.70. The Hall–Kier alpha value is -2.18. The van der Waals surface area contributed by atoms with E-state index in [0.717, 1.165) is 31.8 Å². The molecule has 2 aromatic rings. The van der Waals surface area contributed by atoms with Crippen molar-refractivity contribution in [3.63, 3.8) is 0 Å². The summed E-state index contributed by atoms with van der Waals surface area (Å²) in [5.74, 6) is 1.25. The van der Waals surface area contributed by atoms with Crippen LogP contribution >= 0.6 is 11.3 Å². The molecular weight excluding hydrogens is 454 g/mol. The van der Waals surface area contributed by atoms with Gasteiger partial charge in [0.1, 0.15) is 0 Å². The fraction of sp³-hybridized carbons (Fsp3) is 0.586. The number of piperazine rings is 1. The minimum atomic E-state index is 0.101. The predicted molar refractivity (Wildman–Crippen MR) is 141 cm³/mol. The lowest BCUT2D eigenvalue weighted by atomic mass is 9.93. The van der Waals surface area contributed by atoms with Crippen molar-refractivity contribution in [2.75, 3.05) is 32.7 Å². The molecule has 0 N–H and O–H groups in total. The highest BCUT2D eigenvalue weighted by Gasteiger charge is 2.32. The molecule has 1 saturated heterocycles. The zero-order chi connectivity index (χ0) is 24.2. The monoisotopic (exact) mass is 493 g/mol. The Bertz CT molecular complexity index is 1000. The maximum Gasteiger partial charge on any atom is 0.223 e. The Morgan fingerprint density at radius 3 is 2.54 bits per heavy atom. The maximum atomic E-state index is 13.2. The van der Waals surface area contributed by atoms with Crippen molar-refractivity contribution in [2.24, 2.45) is 5.92 Å². The van der Waals surface area contributed by atoms with Crippen molar-refractivity contribution >= 4 is 23.2 Å². The molecule has 1 saturated carbocycles. The number of thiophene rings is 1. The predicted octanol–water partition coefficient (Wildman–Crippen LogP) is 5.12. The second-order valence-electron chi connectivity index (χ2n) is 10.6. The minimum absolute atomic E-state index is 0.101. The van der Waals surface area contributed by atoms with E-state index in [-0.39, 0.29) is 23.9 Å². The fourth-order valence-electron chi connectivity index (χ4n) is 6.36. The average molecular weight is 494 g/mol. The Labute approximate surface area is 214 Å². The molecule has 3 aliphatic rings. The van der Waals surface area contributed by atoms with Crippen molar-refractivity contribution < 1.29 is 9.59 Å². The first-order chi connectivity index (χ1) is 17.1. The second-order valence-corrected chi connectivity index (χ2v) is 11.6. The SMILES string of the molecule is C[C@H]1CN(C(=O)CCN2CCc3sccc3[C@@H]2c2ccccc2)CCN1C(=O)CCC1CCCC1. The molecule has 5 nitrogen and oxygen atoms in total. The molecule has 0 unspecified atom stereocenters. The molecule has 2 aliphatic heterocycles. The van der Waals surface area contributed by atoms with E-state index < -0.39 is 0 Å². The van der Waals surface area contributed by atoms with Crippen LogP contribution in [0.25, 0.3) is 0 Å². The Morgan fingerprint density at radius 2 is 1.77 bits per heavy atom. The first kappa shape index (κ1) is 24.5. The molecule has 1 aromatic heterocycles. The highest BCUT2D eigenvalue weighted by Crippen LogP contribution is 2.37. The summed E-state index contributed by atoms with van der Waals surface area (Å²) in [4.78, 5) is 34.0. The van der Waals surface area contributed by atoms with Crippen LogP contribution in [0.3, 0.4) is 0 Å². The van der Waals surface area contributed by atoms with Crippen molar-refractivity contribution in [3.05, 3.63) is 57.8 Å². The van der Waals surface area contributed by atoms with Crippen molar-refractivity contribution in [3.8, 4) is 0 Å². The Kier molecular flexibility index (Phi) is 7.88. The lowest BCUT2D eigenvalue weighted by molar-refractivity contribution is -0.142. The van der Waals surface area contributed by atoms with Gasteiger partial charge in [-0.3, -0.25) is 14.5 Å². The van der Waals surface area contributed by atoms with Crippen LogP contribution in [0.4, 0.5) is 0 Å². The molecule has 0 radical (unpaired) electrons. The summed E-state index contributed by atoms with van der Waals surface area (Å²) in [7, 11) is 0. The molecule has 2 amide bonds. The van der Waals surface area contributed by atoms with E-state index in [2.05, 4.69) is 53.6 Å².